The normalized spacial score (nSPS) is 21.8. The molecular formula is C13H26N2O. The lowest BCUT2D eigenvalue weighted by Crippen LogP contribution is -2.52. The van der Waals surface area contributed by atoms with Gasteiger partial charge in [-0.1, -0.05) is 33.6 Å². The highest BCUT2D eigenvalue weighted by Crippen LogP contribution is 2.27. The second-order valence-corrected chi connectivity index (χ2v) is 6.19. The van der Waals surface area contributed by atoms with Crippen molar-refractivity contribution < 1.29 is 4.79 Å². The molecular weight excluding hydrogens is 200 g/mol. The fraction of sp³-hybridized carbons (Fsp3) is 0.923. The Hall–Kier alpha value is -0.570. The molecule has 0 aromatic carbocycles. The minimum absolute atomic E-state index is 0.00750. The van der Waals surface area contributed by atoms with Crippen LogP contribution in [0.2, 0.25) is 0 Å². The summed E-state index contributed by atoms with van der Waals surface area (Å²) in [6.07, 6.45) is 5.09. The third kappa shape index (κ3) is 3.48. The van der Waals surface area contributed by atoms with Crippen molar-refractivity contribution in [3.05, 3.63) is 0 Å². The molecule has 0 aromatic heterocycles. The minimum Gasteiger partial charge on any atom is -0.352 e. The van der Waals surface area contributed by atoms with Crippen molar-refractivity contribution in [2.75, 3.05) is 0 Å². The molecule has 94 valence electrons. The van der Waals surface area contributed by atoms with Crippen LogP contribution in [0.1, 0.15) is 53.4 Å². The van der Waals surface area contributed by atoms with E-state index in [0.29, 0.717) is 5.92 Å². The summed E-state index contributed by atoms with van der Waals surface area (Å²) >= 11 is 0. The van der Waals surface area contributed by atoms with Crippen LogP contribution < -0.4 is 11.1 Å². The largest absolute Gasteiger partial charge is 0.352 e. The molecule has 2 atom stereocenters. The van der Waals surface area contributed by atoms with Gasteiger partial charge in [-0.25, -0.2) is 0 Å². The van der Waals surface area contributed by atoms with Gasteiger partial charge < -0.3 is 11.1 Å². The van der Waals surface area contributed by atoms with Crippen LogP contribution in [0.5, 0.6) is 0 Å². The second-order valence-electron chi connectivity index (χ2n) is 6.19. The predicted molar refractivity (Wildman–Crippen MR) is 67.0 cm³/mol. The Morgan fingerprint density at radius 3 is 2.25 bits per heavy atom. The molecule has 1 saturated carbocycles. The van der Waals surface area contributed by atoms with E-state index in [9.17, 15) is 4.79 Å². The van der Waals surface area contributed by atoms with Gasteiger partial charge in [-0.2, -0.15) is 0 Å². The van der Waals surface area contributed by atoms with Crippen molar-refractivity contribution in [2.24, 2.45) is 17.1 Å². The summed E-state index contributed by atoms with van der Waals surface area (Å²) < 4.78 is 0. The summed E-state index contributed by atoms with van der Waals surface area (Å²) in [6.45, 7) is 8.09. The van der Waals surface area contributed by atoms with Crippen molar-refractivity contribution in [1.29, 1.82) is 0 Å². The molecule has 0 heterocycles. The molecule has 0 saturated heterocycles. The first kappa shape index (κ1) is 13.5. The van der Waals surface area contributed by atoms with Crippen LogP contribution >= 0.6 is 0 Å². The maximum Gasteiger partial charge on any atom is 0.237 e. The Bertz CT molecular complexity index is 239. The van der Waals surface area contributed by atoms with Gasteiger partial charge in [-0.15, -0.1) is 0 Å². The molecule has 3 heteroatoms. The van der Waals surface area contributed by atoms with Gasteiger partial charge in [0.15, 0.2) is 0 Å². The second kappa shape index (κ2) is 5.17. The maximum absolute atomic E-state index is 11.9. The van der Waals surface area contributed by atoms with Crippen LogP contribution in [0, 0.1) is 11.3 Å². The van der Waals surface area contributed by atoms with E-state index >= 15 is 0 Å². The van der Waals surface area contributed by atoms with Gasteiger partial charge in [0.05, 0.1) is 6.04 Å². The Morgan fingerprint density at radius 2 is 1.81 bits per heavy atom. The molecule has 1 amide bonds. The molecule has 1 aliphatic carbocycles. The lowest BCUT2D eigenvalue weighted by molar-refractivity contribution is -0.125. The van der Waals surface area contributed by atoms with E-state index < -0.39 is 6.04 Å². The molecule has 0 aromatic rings. The number of nitrogens with one attached hydrogen (secondary N) is 1. The number of carbonyl (C=O) groups excluding carboxylic acids is 1. The summed E-state index contributed by atoms with van der Waals surface area (Å²) in [4.78, 5) is 11.9. The Balaban J connectivity index is 2.44. The van der Waals surface area contributed by atoms with Crippen molar-refractivity contribution in [2.45, 2.75) is 65.5 Å². The van der Waals surface area contributed by atoms with Crippen LogP contribution in [0.25, 0.3) is 0 Å². The van der Waals surface area contributed by atoms with E-state index in [2.05, 4.69) is 12.2 Å². The van der Waals surface area contributed by atoms with Gasteiger partial charge in [0, 0.05) is 6.04 Å². The number of amides is 1. The van der Waals surface area contributed by atoms with Gasteiger partial charge in [0.1, 0.15) is 0 Å². The zero-order valence-corrected chi connectivity index (χ0v) is 11.0. The van der Waals surface area contributed by atoms with E-state index in [1.165, 1.54) is 25.7 Å². The molecule has 16 heavy (non-hydrogen) atoms. The molecule has 0 aliphatic heterocycles. The maximum atomic E-state index is 11.9. The van der Waals surface area contributed by atoms with Gasteiger partial charge in [-0.3, -0.25) is 4.79 Å². The van der Waals surface area contributed by atoms with Crippen LogP contribution in [-0.2, 0) is 4.79 Å². The lowest BCUT2D eigenvalue weighted by atomic mass is 9.86. The van der Waals surface area contributed by atoms with E-state index in [1.807, 2.05) is 20.8 Å². The molecule has 1 rings (SSSR count). The van der Waals surface area contributed by atoms with E-state index in [0.717, 1.165) is 0 Å². The lowest BCUT2D eigenvalue weighted by Gasteiger charge is -2.29. The third-order valence-corrected chi connectivity index (χ3v) is 3.69. The van der Waals surface area contributed by atoms with E-state index in [-0.39, 0.29) is 17.4 Å². The fourth-order valence-electron chi connectivity index (χ4n) is 2.28. The average Bonchev–Trinajstić information content (AvgIpc) is 2.67. The Labute approximate surface area is 99.2 Å². The molecule has 1 fully saturated rings. The average molecular weight is 226 g/mol. The summed E-state index contributed by atoms with van der Waals surface area (Å²) in [7, 11) is 0. The first-order chi connectivity index (χ1) is 7.32. The van der Waals surface area contributed by atoms with E-state index in [1.54, 1.807) is 0 Å². The first-order valence-corrected chi connectivity index (χ1v) is 6.38. The summed E-state index contributed by atoms with van der Waals surface area (Å²) in [5, 5.41) is 3.06. The zero-order valence-electron chi connectivity index (χ0n) is 11.0. The molecule has 0 bridgehead atoms. The highest BCUT2D eigenvalue weighted by Gasteiger charge is 2.30. The summed E-state index contributed by atoms with van der Waals surface area (Å²) in [6, 6.07) is -0.153. The summed E-state index contributed by atoms with van der Waals surface area (Å²) in [5.74, 6) is 0.642. The quantitative estimate of drug-likeness (QED) is 0.774. The topological polar surface area (TPSA) is 55.1 Å². The van der Waals surface area contributed by atoms with Crippen LogP contribution in [0.3, 0.4) is 0 Å². The Morgan fingerprint density at radius 1 is 1.31 bits per heavy atom. The first-order valence-electron chi connectivity index (χ1n) is 6.38. The number of hydrogen-bond acceptors (Lipinski definition) is 2. The fourth-order valence-corrected chi connectivity index (χ4v) is 2.28. The van der Waals surface area contributed by atoms with Crippen LogP contribution in [0.15, 0.2) is 0 Å². The molecule has 3 nitrogen and oxygen atoms in total. The molecule has 1 aliphatic rings. The third-order valence-electron chi connectivity index (χ3n) is 3.69. The number of carbonyl (C=O) groups is 1. The summed E-state index contributed by atoms with van der Waals surface area (Å²) in [5.41, 5.74) is 5.76. The van der Waals surface area contributed by atoms with Gasteiger partial charge >= 0.3 is 0 Å². The number of hydrogen-bond donors (Lipinski definition) is 2. The van der Waals surface area contributed by atoms with Crippen molar-refractivity contribution in [3.63, 3.8) is 0 Å². The molecule has 2 unspecified atom stereocenters. The highest BCUT2D eigenvalue weighted by molar-refractivity contribution is 5.82. The molecule has 0 spiro atoms. The molecule has 0 radical (unpaired) electrons. The van der Waals surface area contributed by atoms with Crippen molar-refractivity contribution in [1.82, 2.24) is 5.32 Å². The van der Waals surface area contributed by atoms with Gasteiger partial charge in [-0.05, 0) is 31.1 Å². The smallest absolute Gasteiger partial charge is 0.237 e. The highest BCUT2D eigenvalue weighted by atomic mass is 16.2. The monoisotopic (exact) mass is 226 g/mol. The van der Waals surface area contributed by atoms with E-state index in [4.69, 9.17) is 5.73 Å². The van der Waals surface area contributed by atoms with Crippen molar-refractivity contribution >= 4 is 5.91 Å². The number of nitrogens with two attached hydrogens (primary N) is 1. The van der Waals surface area contributed by atoms with Crippen molar-refractivity contribution in [3.8, 4) is 0 Å². The molecule has 3 N–H and O–H groups in total. The van der Waals surface area contributed by atoms with Crippen LogP contribution in [0.4, 0.5) is 0 Å². The predicted octanol–water partition coefficient (Wildman–Crippen LogP) is 2.05. The van der Waals surface area contributed by atoms with Gasteiger partial charge in [0.25, 0.3) is 0 Å². The standard InChI is InChI=1S/C13H26N2O/c1-9(10-7-5-6-8-10)15-12(16)11(14)13(2,3)4/h9-11H,5-8,14H2,1-4H3,(H,15,16). The zero-order chi connectivity index (χ0) is 12.3. The minimum atomic E-state index is -0.420. The Kier molecular flexibility index (Phi) is 4.36. The number of rotatable bonds is 3. The van der Waals surface area contributed by atoms with Crippen LogP contribution in [-0.4, -0.2) is 18.0 Å². The SMILES string of the molecule is CC(NC(=O)C(N)C(C)(C)C)C1CCCC1. The van der Waals surface area contributed by atoms with Gasteiger partial charge in [0.2, 0.25) is 5.91 Å².